The number of fused-ring (bicyclic) bond motifs is 1. The summed E-state index contributed by atoms with van der Waals surface area (Å²) in [6, 6.07) is 5.59. The molecule has 10 heteroatoms. The summed E-state index contributed by atoms with van der Waals surface area (Å²) >= 11 is 0. The van der Waals surface area contributed by atoms with Crippen molar-refractivity contribution >= 4 is 28.7 Å². The highest BCUT2D eigenvalue weighted by atomic mass is 16.1. The van der Waals surface area contributed by atoms with E-state index in [1.165, 1.54) is 6.20 Å². The van der Waals surface area contributed by atoms with E-state index in [-0.39, 0.29) is 5.96 Å². The van der Waals surface area contributed by atoms with E-state index in [2.05, 4.69) is 30.4 Å². The monoisotopic (exact) mass is 339 g/mol. The van der Waals surface area contributed by atoms with E-state index in [4.69, 9.17) is 11.5 Å². The Labute approximate surface area is 142 Å². The molecule has 0 atom stereocenters. The van der Waals surface area contributed by atoms with Crippen LogP contribution in [0.4, 0.5) is 5.82 Å². The molecule has 3 heterocycles. The van der Waals surface area contributed by atoms with E-state index in [1.54, 1.807) is 4.68 Å². The highest BCUT2D eigenvalue weighted by Gasteiger charge is 2.25. The third kappa shape index (κ3) is 2.67. The van der Waals surface area contributed by atoms with E-state index < -0.39 is 5.91 Å². The van der Waals surface area contributed by atoms with Gasteiger partial charge in [0.1, 0.15) is 22.4 Å². The van der Waals surface area contributed by atoms with Crippen molar-refractivity contribution in [3.8, 4) is 5.69 Å². The minimum atomic E-state index is -0.504. The molecule has 0 saturated carbocycles. The Morgan fingerprint density at radius 1 is 1.16 bits per heavy atom. The lowest BCUT2D eigenvalue weighted by Gasteiger charge is -2.20. The fourth-order valence-electron chi connectivity index (χ4n) is 3.05. The first-order chi connectivity index (χ1) is 12.1. The molecule has 3 aromatic rings. The van der Waals surface area contributed by atoms with Crippen LogP contribution in [0.2, 0.25) is 0 Å². The predicted octanol–water partition coefficient (Wildman–Crippen LogP) is 0.157. The van der Waals surface area contributed by atoms with Crippen molar-refractivity contribution in [1.29, 1.82) is 0 Å². The van der Waals surface area contributed by atoms with Crippen LogP contribution in [0.25, 0.3) is 16.7 Å². The van der Waals surface area contributed by atoms with Crippen molar-refractivity contribution in [2.75, 3.05) is 18.0 Å². The molecule has 5 N–H and O–H groups in total. The summed E-state index contributed by atoms with van der Waals surface area (Å²) in [6.07, 6.45) is 3.61. The number of H-pyrrole nitrogens is 1. The van der Waals surface area contributed by atoms with Gasteiger partial charge in [0.05, 0.1) is 11.9 Å². The van der Waals surface area contributed by atoms with Gasteiger partial charge in [0, 0.05) is 13.1 Å². The van der Waals surface area contributed by atoms with E-state index in [0.717, 1.165) is 42.7 Å². The Hall–Kier alpha value is -3.43. The number of hydrogen-bond donors (Lipinski definition) is 3. The number of anilines is 1. The zero-order chi connectivity index (χ0) is 17.4. The van der Waals surface area contributed by atoms with Crippen LogP contribution < -0.4 is 16.4 Å². The van der Waals surface area contributed by atoms with Gasteiger partial charge < -0.3 is 16.4 Å². The molecule has 10 nitrogen and oxygen atoms in total. The lowest BCUT2D eigenvalue weighted by atomic mass is 10.2. The third-order valence-electron chi connectivity index (χ3n) is 4.15. The second-order valence-corrected chi connectivity index (χ2v) is 5.83. The number of nitrogens with one attached hydrogen (secondary N) is 1. The average Bonchev–Trinajstić information content (AvgIpc) is 3.32. The second kappa shape index (κ2) is 5.89. The Kier molecular flexibility index (Phi) is 3.56. The maximum absolute atomic E-state index is 12.4. The summed E-state index contributed by atoms with van der Waals surface area (Å²) in [5, 5.41) is 15.1. The Balaban J connectivity index is 1.85. The number of aromatic nitrogens is 5. The van der Waals surface area contributed by atoms with Gasteiger partial charge in [-0.3, -0.25) is 4.79 Å². The molecule has 4 rings (SSSR count). The van der Waals surface area contributed by atoms with Crippen molar-refractivity contribution in [3.05, 3.63) is 30.0 Å². The fraction of sp³-hybridized carbons (Fsp3) is 0.267. The number of carbonyl (C=O) groups excluding carboxylic acids is 1. The van der Waals surface area contributed by atoms with Crippen LogP contribution in [0.15, 0.2) is 29.4 Å². The molecule has 1 amide bonds. The van der Waals surface area contributed by atoms with Crippen LogP contribution in [0.1, 0.15) is 23.2 Å². The van der Waals surface area contributed by atoms with Gasteiger partial charge >= 0.3 is 0 Å². The Morgan fingerprint density at radius 3 is 2.68 bits per heavy atom. The molecule has 1 aliphatic rings. The molecule has 1 fully saturated rings. The van der Waals surface area contributed by atoms with Gasteiger partial charge in [-0.2, -0.15) is 25.5 Å². The number of aliphatic imine (C=N–C) groups is 1. The first-order valence-corrected chi connectivity index (χ1v) is 7.91. The number of nitrogens with zero attached hydrogens (tertiary/aromatic N) is 6. The highest BCUT2D eigenvalue weighted by Crippen LogP contribution is 2.29. The highest BCUT2D eigenvalue weighted by molar-refractivity contribution is 6.05. The van der Waals surface area contributed by atoms with Crippen LogP contribution in [0, 0.1) is 0 Å². The largest absolute Gasteiger partial charge is 0.370 e. The smallest absolute Gasteiger partial charge is 0.285 e. The lowest BCUT2D eigenvalue weighted by molar-refractivity contribution is 0.100. The molecule has 0 unspecified atom stereocenters. The van der Waals surface area contributed by atoms with E-state index in [1.807, 2.05) is 18.2 Å². The van der Waals surface area contributed by atoms with E-state index in [9.17, 15) is 4.79 Å². The maximum Gasteiger partial charge on any atom is 0.285 e. The van der Waals surface area contributed by atoms with Crippen LogP contribution in [-0.4, -0.2) is 50.1 Å². The molecule has 25 heavy (non-hydrogen) atoms. The van der Waals surface area contributed by atoms with Gasteiger partial charge in [-0.05, 0) is 31.0 Å². The number of aromatic amines is 1. The number of nitrogens with two attached hydrogens (primary N) is 2. The summed E-state index contributed by atoms with van der Waals surface area (Å²) in [4.78, 5) is 18.2. The van der Waals surface area contributed by atoms with Gasteiger partial charge in [-0.25, -0.2) is 4.68 Å². The molecule has 0 spiro atoms. The van der Waals surface area contributed by atoms with Crippen molar-refractivity contribution in [3.63, 3.8) is 0 Å². The van der Waals surface area contributed by atoms with Crippen LogP contribution in [-0.2, 0) is 0 Å². The van der Waals surface area contributed by atoms with E-state index >= 15 is 0 Å². The lowest BCUT2D eigenvalue weighted by Crippen LogP contribution is -2.26. The standard InChI is InChI=1S/C15H17N9O/c16-15(17)19-13(25)10-8-18-24(14(10)23-5-1-2-6-23)9-3-4-11-12(7-9)21-22-20-11/h3-4,7-8H,1-2,5-6H2,(H,20,21,22)(H4,16,17,19,25). The normalized spacial score (nSPS) is 14.2. The molecule has 0 radical (unpaired) electrons. The average molecular weight is 339 g/mol. The molecule has 1 aromatic carbocycles. The van der Waals surface area contributed by atoms with Gasteiger partial charge in [-0.15, -0.1) is 0 Å². The van der Waals surface area contributed by atoms with Gasteiger partial charge in [-0.1, -0.05) is 0 Å². The van der Waals surface area contributed by atoms with Gasteiger partial charge in [0.15, 0.2) is 5.96 Å². The van der Waals surface area contributed by atoms with Gasteiger partial charge in [0.25, 0.3) is 5.91 Å². The third-order valence-corrected chi connectivity index (χ3v) is 4.15. The van der Waals surface area contributed by atoms with E-state index in [0.29, 0.717) is 11.4 Å². The number of amides is 1. The molecular weight excluding hydrogens is 322 g/mol. The molecule has 128 valence electrons. The summed E-state index contributed by atoms with van der Waals surface area (Å²) in [6.45, 7) is 1.69. The summed E-state index contributed by atoms with van der Waals surface area (Å²) in [5.41, 5.74) is 13.3. The number of hydrogen-bond acceptors (Lipinski definition) is 5. The number of benzene rings is 1. The van der Waals surface area contributed by atoms with Crippen LogP contribution >= 0.6 is 0 Å². The molecule has 2 aromatic heterocycles. The molecule has 1 saturated heterocycles. The topological polar surface area (TPSA) is 144 Å². The van der Waals surface area contributed by atoms with Crippen LogP contribution in [0.5, 0.6) is 0 Å². The summed E-state index contributed by atoms with van der Waals surface area (Å²) in [7, 11) is 0. The molecule has 1 aliphatic heterocycles. The minimum absolute atomic E-state index is 0.269. The minimum Gasteiger partial charge on any atom is -0.370 e. The zero-order valence-corrected chi connectivity index (χ0v) is 13.4. The first-order valence-electron chi connectivity index (χ1n) is 7.91. The van der Waals surface area contributed by atoms with Crippen molar-refractivity contribution < 1.29 is 4.79 Å². The summed E-state index contributed by atoms with van der Waals surface area (Å²) in [5.74, 6) is -0.0832. The summed E-state index contributed by atoms with van der Waals surface area (Å²) < 4.78 is 1.72. The first kappa shape index (κ1) is 15.1. The zero-order valence-electron chi connectivity index (χ0n) is 13.4. The second-order valence-electron chi connectivity index (χ2n) is 5.83. The molecule has 0 aliphatic carbocycles. The molecular formula is C15H17N9O. The molecule has 0 bridgehead atoms. The Bertz CT molecular complexity index is 960. The quantitative estimate of drug-likeness (QED) is 0.455. The van der Waals surface area contributed by atoms with Crippen molar-refractivity contribution in [1.82, 2.24) is 25.2 Å². The fourth-order valence-corrected chi connectivity index (χ4v) is 3.05. The van der Waals surface area contributed by atoms with Gasteiger partial charge in [0.2, 0.25) is 0 Å². The number of guanidine groups is 1. The predicted molar refractivity (Wildman–Crippen MR) is 92.6 cm³/mol. The van der Waals surface area contributed by atoms with Crippen molar-refractivity contribution in [2.24, 2.45) is 16.5 Å². The Morgan fingerprint density at radius 2 is 1.92 bits per heavy atom. The number of carbonyl (C=O) groups is 1. The maximum atomic E-state index is 12.4. The number of rotatable bonds is 3. The SMILES string of the molecule is NC(N)=NC(=O)c1cnn(-c2ccc3n[nH]nc3c2)c1N1CCCC1. The van der Waals surface area contributed by atoms with Crippen LogP contribution in [0.3, 0.4) is 0 Å². The van der Waals surface area contributed by atoms with Crippen molar-refractivity contribution in [2.45, 2.75) is 12.8 Å².